The van der Waals surface area contributed by atoms with E-state index in [1.807, 2.05) is 20.8 Å². The summed E-state index contributed by atoms with van der Waals surface area (Å²) in [4.78, 5) is 22.9. The quantitative estimate of drug-likeness (QED) is 0.829. The molecule has 0 radical (unpaired) electrons. The molecule has 17 heavy (non-hydrogen) atoms. The van der Waals surface area contributed by atoms with Crippen LogP contribution >= 0.6 is 0 Å². The third-order valence-corrected chi connectivity index (χ3v) is 2.77. The molecule has 0 heterocycles. The molecule has 1 unspecified atom stereocenters. The molecule has 1 atom stereocenters. The van der Waals surface area contributed by atoms with E-state index >= 15 is 0 Å². The monoisotopic (exact) mass is 234 g/mol. The minimum atomic E-state index is -0.531. The summed E-state index contributed by atoms with van der Waals surface area (Å²) in [6.45, 7) is 6.01. The zero-order valence-corrected chi connectivity index (χ0v) is 10.4. The maximum absolute atomic E-state index is 11.9. The number of carbonyl (C=O) groups excluding carboxylic acids is 2. The molecule has 0 saturated carbocycles. The molecule has 0 bridgehead atoms. The van der Waals surface area contributed by atoms with Crippen molar-refractivity contribution in [2.24, 2.45) is 11.7 Å². The van der Waals surface area contributed by atoms with Crippen LogP contribution in [0, 0.1) is 5.92 Å². The van der Waals surface area contributed by atoms with Crippen molar-refractivity contribution in [1.82, 2.24) is 5.32 Å². The number of primary amides is 1. The lowest BCUT2D eigenvalue weighted by molar-refractivity contribution is 0.0930. The maximum Gasteiger partial charge on any atom is 0.251 e. The molecule has 0 fully saturated rings. The van der Waals surface area contributed by atoms with Gasteiger partial charge in [0.1, 0.15) is 0 Å². The first kappa shape index (κ1) is 13.2. The number of hydrogen-bond acceptors (Lipinski definition) is 2. The van der Waals surface area contributed by atoms with Gasteiger partial charge in [-0.25, -0.2) is 0 Å². The zero-order chi connectivity index (χ0) is 13.0. The predicted molar refractivity (Wildman–Crippen MR) is 66.7 cm³/mol. The van der Waals surface area contributed by atoms with E-state index in [1.165, 1.54) is 6.07 Å². The van der Waals surface area contributed by atoms with Crippen LogP contribution in [0.1, 0.15) is 41.5 Å². The van der Waals surface area contributed by atoms with Gasteiger partial charge in [-0.1, -0.05) is 19.9 Å². The minimum absolute atomic E-state index is 0.0831. The van der Waals surface area contributed by atoms with Gasteiger partial charge in [-0.2, -0.15) is 0 Å². The summed E-state index contributed by atoms with van der Waals surface area (Å²) in [5, 5.41) is 2.87. The van der Waals surface area contributed by atoms with Crippen LogP contribution in [0.4, 0.5) is 0 Å². The summed E-state index contributed by atoms with van der Waals surface area (Å²) in [5.74, 6) is -0.357. The van der Waals surface area contributed by atoms with Gasteiger partial charge < -0.3 is 11.1 Å². The third-order valence-electron chi connectivity index (χ3n) is 2.77. The number of rotatable bonds is 4. The molecule has 4 heteroatoms. The Balaban J connectivity index is 2.82. The molecule has 0 aliphatic carbocycles. The van der Waals surface area contributed by atoms with Gasteiger partial charge in [-0.15, -0.1) is 0 Å². The fraction of sp³-hybridized carbons (Fsp3) is 0.385. The smallest absolute Gasteiger partial charge is 0.251 e. The van der Waals surface area contributed by atoms with Crippen LogP contribution in [-0.4, -0.2) is 17.9 Å². The molecule has 1 rings (SSSR count). The summed E-state index contributed by atoms with van der Waals surface area (Å²) in [5.41, 5.74) is 5.96. The van der Waals surface area contributed by atoms with Crippen LogP contribution < -0.4 is 11.1 Å². The Hall–Kier alpha value is -1.84. The first-order chi connectivity index (χ1) is 7.91. The standard InChI is InChI=1S/C13H18N2O2/c1-8(2)9(3)15-13(17)11-6-4-5-10(7-11)12(14)16/h4-9H,1-3H3,(H2,14,16)(H,15,17). The van der Waals surface area contributed by atoms with E-state index in [4.69, 9.17) is 5.73 Å². The average molecular weight is 234 g/mol. The van der Waals surface area contributed by atoms with E-state index in [0.29, 0.717) is 17.0 Å². The maximum atomic E-state index is 11.9. The van der Waals surface area contributed by atoms with Gasteiger partial charge in [0.2, 0.25) is 5.91 Å². The van der Waals surface area contributed by atoms with E-state index in [9.17, 15) is 9.59 Å². The van der Waals surface area contributed by atoms with Crippen LogP contribution in [0.25, 0.3) is 0 Å². The van der Waals surface area contributed by atoms with Crippen molar-refractivity contribution >= 4 is 11.8 Å². The number of hydrogen-bond donors (Lipinski definition) is 2. The fourth-order valence-corrected chi connectivity index (χ4v) is 1.27. The lowest BCUT2D eigenvalue weighted by Crippen LogP contribution is -2.36. The Morgan fingerprint density at radius 2 is 1.76 bits per heavy atom. The summed E-state index contributed by atoms with van der Waals surface area (Å²) >= 11 is 0. The van der Waals surface area contributed by atoms with E-state index in [1.54, 1.807) is 18.2 Å². The molecular weight excluding hydrogens is 216 g/mol. The normalized spacial score (nSPS) is 12.2. The van der Waals surface area contributed by atoms with Crippen molar-refractivity contribution in [2.75, 3.05) is 0 Å². The van der Waals surface area contributed by atoms with Crippen molar-refractivity contribution in [1.29, 1.82) is 0 Å². The largest absolute Gasteiger partial charge is 0.366 e. The zero-order valence-electron chi connectivity index (χ0n) is 10.4. The minimum Gasteiger partial charge on any atom is -0.366 e. The first-order valence-corrected chi connectivity index (χ1v) is 5.62. The lowest BCUT2D eigenvalue weighted by atomic mass is 10.1. The summed E-state index contributed by atoms with van der Waals surface area (Å²) in [7, 11) is 0. The molecule has 0 aliphatic rings. The highest BCUT2D eigenvalue weighted by molar-refractivity contribution is 5.99. The molecule has 3 N–H and O–H groups in total. The molecule has 92 valence electrons. The Kier molecular flexibility index (Phi) is 4.26. The second-order valence-electron chi connectivity index (χ2n) is 4.45. The van der Waals surface area contributed by atoms with Gasteiger partial charge in [0.05, 0.1) is 0 Å². The second-order valence-corrected chi connectivity index (χ2v) is 4.45. The van der Waals surface area contributed by atoms with Gasteiger partial charge in [0.15, 0.2) is 0 Å². The SMILES string of the molecule is CC(C)C(C)NC(=O)c1cccc(C(N)=O)c1. The van der Waals surface area contributed by atoms with E-state index < -0.39 is 5.91 Å². The predicted octanol–water partition coefficient (Wildman–Crippen LogP) is 1.56. The number of carbonyl (C=O) groups is 2. The highest BCUT2D eigenvalue weighted by atomic mass is 16.2. The van der Waals surface area contributed by atoms with Gasteiger partial charge in [-0.05, 0) is 31.0 Å². The molecule has 1 aromatic carbocycles. The number of nitrogens with two attached hydrogens (primary N) is 1. The topological polar surface area (TPSA) is 72.2 Å². The van der Waals surface area contributed by atoms with Crippen molar-refractivity contribution in [3.63, 3.8) is 0 Å². The second kappa shape index (κ2) is 5.48. The Morgan fingerprint density at radius 3 is 2.29 bits per heavy atom. The van der Waals surface area contributed by atoms with E-state index in [0.717, 1.165) is 0 Å². The summed E-state index contributed by atoms with van der Waals surface area (Å²) in [6.07, 6.45) is 0. The molecule has 0 aliphatic heterocycles. The average Bonchev–Trinajstić information content (AvgIpc) is 2.28. The van der Waals surface area contributed by atoms with E-state index in [-0.39, 0.29) is 11.9 Å². The van der Waals surface area contributed by atoms with Crippen LogP contribution in [-0.2, 0) is 0 Å². The van der Waals surface area contributed by atoms with Crippen LogP contribution in [0.2, 0.25) is 0 Å². The molecular formula is C13H18N2O2. The van der Waals surface area contributed by atoms with Gasteiger partial charge in [0.25, 0.3) is 5.91 Å². The highest BCUT2D eigenvalue weighted by Crippen LogP contribution is 2.07. The van der Waals surface area contributed by atoms with Crippen LogP contribution in [0.5, 0.6) is 0 Å². The number of nitrogens with one attached hydrogen (secondary N) is 1. The first-order valence-electron chi connectivity index (χ1n) is 5.62. The Bertz CT molecular complexity index is 427. The number of amides is 2. The van der Waals surface area contributed by atoms with Gasteiger partial charge >= 0.3 is 0 Å². The molecule has 0 aromatic heterocycles. The van der Waals surface area contributed by atoms with Gasteiger partial charge in [0, 0.05) is 17.2 Å². The molecule has 1 aromatic rings. The van der Waals surface area contributed by atoms with Crippen molar-refractivity contribution in [3.8, 4) is 0 Å². The third kappa shape index (κ3) is 3.59. The van der Waals surface area contributed by atoms with Crippen molar-refractivity contribution in [2.45, 2.75) is 26.8 Å². The molecule has 0 spiro atoms. The fourth-order valence-electron chi connectivity index (χ4n) is 1.27. The summed E-state index contributed by atoms with van der Waals surface area (Å²) in [6, 6.07) is 6.49. The number of benzene rings is 1. The molecule has 2 amide bonds. The Morgan fingerprint density at radius 1 is 1.18 bits per heavy atom. The van der Waals surface area contributed by atoms with Crippen LogP contribution in [0.15, 0.2) is 24.3 Å². The lowest BCUT2D eigenvalue weighted by Gasteiger charge is -2.17. The highest BCUT2D eigenvalue weighted by Gasteiger charge is 2.13. The molecule has 0 saturated heterocycles. The van der Waals surface area contributed by atoms with E-state index in [2.05, 4.69) is 5.32 Å². The Labute approximate surface area is 101 Å². The van der Waals surface area contributed by atoms with Crippen LogP contribution in [0.3, 0.4) is 0 Å². The van der Waals surface area contributed by atoms with Crippen molar-refractivity contribution < 1.29 is 9.59 Å². The van der Waals surface area contributed by atoms with Gasteiger partial charge in [-0.3, -0.25) is 9.59 Å². The van der Waals surface area contributed by atoms with Crippen molar-refractivity contribution in [3.05, 3.63) is 35.4 Å². The molecule has 4 nitrogen and oxygen atoms in total. The summed E-state index contributed by atoms with van der Waals surface area (Å²) < 4.78 is 0.